The molecule has 2 saturated heterocycles. The molecule has 1 aromatic carbocycles. The third-order valence-electron chi connectivity index (χ3n) is 7.14. The van der Waals surface area contributed by atoms with Crippen molar-refractivity contribution in [2.45, 2.75) is 52.2 Å². The summed E-state index contributed by atoms with van der Waals surface area (Å²) in [6.45, 7) is 8.77. The van der Waals surface area contributed by atoms with Crippen molar-refractivity contribution in [3.63, 3.8) is 0 Å². The van der Waals surface area contributed by atoms with Crippen LogP contribution in [0.15, 0.2) is 24.3 Å². The van der Waals surface area contributed by atoms with Crippen molar-refractivity contribution in [3.05, 3.63) is 34.9 Å². The first-order valence-electron chi connectivity index (χ1n) is 11.4. The summed E-state index contributed by atoms with van der Waals surface area (Å²) in [5.74, 6) is -1.07. The standard InChI is InChI=1S/C24H34ClN3O5/c1-15(2)19(26-20(29)16-9-11-27(13-16)22(31)32)21(30)28-12-10-24(33,23(3,4)14-28)17-5-7-18(25)8-6-17/h5-8,15-16,19,33H,9-14H2,1-4H3,(H,26,29)(H,31,32)/t16-,19-,24+/m1/s1. The van der Waals surface area contributed by atoms with E-state index in [1.807, 2.05) is 39.8 Å². The maximum atomic E-state index is 13.5. The molecule has 0 unspecified atom stereocenters. The zero-order chi connectivity index (χ0) is 24.6. The van der Waals surface area contributed by atoms with Gasteiger partial charge in [-0.25, -0.2) is 4.79 Å². The van der Waals surface area contributed by atoms with Crippen LogP contribution < -0.4 is 5.32 Å². The number of rotatable bonds is 5. The van der Waals surface area contributed by atoms with Crippen LogP contribution in [-0.4, -0.2) is 70.1 Å². The molecule has 9 heteroatoms. The van der Waals surface area contributed by atoms with Gasteiger partial charge in [0.25, 0.3) is 0 Å². The number of hydrogen-bond acceptors (Lipinski definition) is 4. The Bertz CT molecular complexity index is 904. The Labute approximate surface area is 199 Å². The fourth-order valence-corrected chi connectivity index (χ4v) is 5.03. The second kappa shape index (κ2) is 9.50. The van der Waals surface area contributed by atoms with E-state index in [1.54, 1.807) is 17.0 Å². The quantitative estimate of drug-likeness (QED) is 0.601. The van der Waals surface area contributed by atoms with Crippen LogP contribution >= 0.6 is 11.6 Å². The Hall–Kier alpha value is -2.32. The molecule has 1 aromatic rings. The third kappa shape index (κ3) is 5.11. The Balaban J connectivity index is 1.70. The van der Waals surface area contributed by atoms with Crippen LogP contribution in [0.5, 0.6) is 0 Å². The Morgan fingerprint density at radius 2 is 1.76 bits per heavy atom. The van der Waals surface area contributed by atoms with E-state index in [2.05, 4.69) is 5.32 Å². The smallest absolute Gasteiger partial charge is 0.407 e. The van der Waals surface area contributed by atoms with Crippen LogP contribution in [0, 0.1) is 17.3 Å². The Morgan fingerprint density at radius 3 is 2.27 bits per heavy atom. The van der Waals surface area contributed by atoms with Crippen LogP contribution in [-0.2, 0) is 15.2 Å². The van der Waals surface area contributed by atoms with Crippen molar-refractivity contribution < 1.29 is 24.6 Å². The van der Waals surface area contributed by atoms with E-state index in [0.29, 0.717) is 37.5 Å². The molecule has 2 fully saturated rings. The third-order valence-corrected chi connectivity index (χ3v) is 7.39. The van der Waals surface area contributed by atoms with E-state index in [1.165, 1.54) is 4.90 Å². The fourth-order valence-electron chi connectivity index (χ4n) is 4.90. The van der Waals surface area contributed by atoms with E-state index < -0.39 is 29.1 Å². The Kier molecular flexibility index (Phi) is 7.29. The summed E-state index contributed by atoms with van der Waals surface area (Å²) in [4.78, 5) is 40.3. The highest BCUT2D eigenvalue weighted by molar-refractivity contribution is 6.30. The number of carbonyl (C=O) groups is 3. The van der Waals surface area contributed by atoms with Gasteiger partial charge in [-0.15, -0.1) is 0 Å². The number of aliphatic hydroxyl groups is 1. The molecule has 2 aliphatic heterocycles. The molecular formula is C24H34ClN3O5. The topological polar surface area (TPSA) is 110 Å². The minimum atomic E-state index is -1.12. The van der Waals surface area contributed by atoms with E-state index in [4.69, 9.17) is 16.7 Å². The molecule has 3 amide bonds. The molecule has 0 saturated carbocycles. The van der Waals surface area contributed by atoms with Gasteiger partial charge in [-0.05, 0) is 36.5 Å². The van der Waals surface area contributed by atoms with Gasteiger partial charge in [0.05, 0.1) is 11.5 Å². The molecule has 2 heterocycles. The van der Waals surface area contributed by atoms with E-state index in [0.717, 1.165) is 5.56 Å². The number of nitrogens with zero attached hydrogens (tertiary/aromatic N) is 2. The van der Waals surface area contributed by atoms with Crippen LogP contribution in [0.4, 0.5) is 4.79 Å². The highest BCUT2D eigenvalue weighted by atomic mass is 35.5. The number of carboxylic acid groups (broad SMARTS) is 1. The summed E-state index contributed by atoms with van der Waals surface area (Å²) in [5, 5.41) is 24.2. The van der Waals surface area contributed by atoms with Crippen molar-refractivity contribution in [3.8, 4) is 0 Å². The van der Waals surface area contributed by atoms with Gasteiger partial charge in [-0.1, -0.05) is 51.4 Å². The lowest BCUT2D eigenvalue weighted by Crippen LogP contribution is -2.60. The van der Waals surface area contributed by atoms with Gasteiger partial charge in [-0.2, -0.15) is 0 Å². The average Bonchev–Trinajstić information content (AvgIpc) is 3.24. The van der Waals surface area contributed by atoms with Crippen molar-refractivity contribution in [2.75, 3.05) is 26.2 Å². The van der Waals surface area contributed by atoms with Gasteiger partial charge in [0, 0.05) is 36.6 Å². The zero-order valence-corrected chi connectivity index (χ0v) is 20.4. The highest BCUT2D eigenvalue weighted by Gasteiger charge is 2.50. The molecule has 8 nitrogen and oxygen atoms in total. The maximum absolute atomic E-state index is 13.5. The second-order valence-electron chi connectivity index (χ2n) is 10.2. The molecule has 3 N–H and O–H groups in total. The average molecular weight is 480 g/mol. The summed E-state index contributed by atoms with van der Waals surface area (Å²) in [6.07, 6.45) is -0.227. The number of halogens is 1. The Morgan fingerprint density at radius 1 is 1.12 bits per heavy atom. The molecule has 33 heavy (non-hydrogen) atoms. The summed E-state index contributed by atoms with van der Waals surface area (Å²) < 4.78 is 0. The van der Waals surface area contributed by atoms with Gasteiger partial charge >= 0.3 is 6.09 Å². The summed E-state index contributed by atoms with van der Waals surface area (Å²) in [5.41, 5.74) is -0.982. The highest BCUT2D eigenvalue weighted by Crippen LogP contribution is 2.46. The molecule has 0 radical (unpaired) electrons. The largest absolute Gasteiger partial charge is 0.465 e. The minimum absolute atomic E-state index is 0.140. The predicted molar refractivity (Wildman–Crippen MR) is 125 cm³/mol. The number of nitrogens with one attached hydrogen (secondary N) is 1. The van der Waals surface area contributed by atoms with Crippen molar-refractivity contribution in [1.29, 1.82) is 0 Å². The number of carbonyl (C=O) groups excluding carboxylic acids is 2. The SMILES string of the molecule is CC(C)[C@@H](NC(=O)[C@@H]1CCN(C(=O)O)C1)C(=O)N1CC[C@](O)(c2ccc(Cl)cc2)C(C)(C)C1. The fraction of sp³-hybridized carbons (Fsp3) is 0.625. The molecule has 3 atom stereocenters. The molecule has 182 valence electrons. The van der Waals surface area contributed by atoms with E-state index in [-0.39, 0.29) is 24.3 Å². The number of benzene rings is 1. The molecule has 0 spiro atoms. The monoisotopic (exact) mass is 479 g/mol. The van der Waals surface area contributed by atoms with Gasteiger partial charge in [-0.3, -0.25) is 9.59 Å². The van der Waals surface area contributed by atoms with E-state index in [9.17, 15) is 19.5 Å². The first-order chi connectivity index (χ1) is 15.4. The predicted octanol–water partition coefficient (Wildman–Crippen LogP) is 2.93. The molecule has 0 aliphatic carbocycles. The normalized spacial score (nSPS) is 25.7. The van der Waals surface area contributed by atoms with Crippen molar-refractivity contribution in [1.82, 2.24) is 15.1 Å². The summed E-state index contributed by atoms with van der Waals surface area (Å²) >= 11 is 6.01. The lowest BCUT2D eigenvalue weighted by molar-refractivity contribution is -0.157. The first-order valence-corrected chi connectivity index (χ1v) is 11.8. The molecular weight excluding hydrogens is 446 g/mol. The molecule has 0 bridgehead atoms. The summed E-state index contributed by atoms with van der Waals surface area (Å²) in [6, 6.07) is 6.43. The maximum Gasteiger partial charge on any atom is 0.407 e. The van der Waals surface area contributed by atoms with Crippen molar-refractivity contribution >= 4 is 29.5 Å². The number of likely N-dealkylation sites (tertiary alicyclic amines) is 2. The van der Waals surface area contributed by atoms with Gasteiger partial charge < -0.3 is 25.3 Å². The van der Waals surface area contributed by atoms with Gasteiger partial charge in [0.1, 0.15) is 6.04 Å². The molecule has 0 aromatic heterocycles. The number of piperidine rings is 1. The second-order valence-corrected chi connectivity index (χ2v) is 10.6. The van der Waals surface area contributed by atoms with E-state index >= 15 is 0 Å². The zero-order valence-electron chi connectivity index (χ0n) is 19.7. The van der Waals surface area contributed by atoms with Crippen LogP contribution in [0.1, 0.15) is 46.1 Å². The molecule has 3 rings (SSSR count). The first kappa shape index (κ1) is 25.3. The van der Waals surface area contributed by atoms with Crippen LogP contribution in [0.25, 0.3) is 0 Å². The lowest BCUT2D eigenvalue weighted by Gasteiger charge is -2.51. The van der Waals surface area contributed by atoms with Crippen LogP contribution in [0.3, 0.4) is 0 Å². The number of hydrogen-bond donors (Lipinski definition) is 3. The lowest BCUT2D eigenvalue weighted by atomic mass is 9.66. The number of amides is 3. The van der Waals surface area contributed by atoms with Crippen molar-refractivity contribution in [2.24, 2.45) is 17.3 Å². The van der Waals surface area contributed by atoms with Gasteiger partial charge in [0.2, 0.25) is 11.8 Å². The van der Waals surface area contributed by atoms with Crippen LogP contribution in [0.2, 0.25) is 5.02 Å². The summed E-state index contributed by atoms with van der Waals surface area (Å²) in [7, 11) is 0. The minimum Gasteiger partial charge on any atom is -0.465 e. The van der Waals surface area contributed by atoms with Gasteiger partial charge in [0.15, 0.2) is 0 Å². The molecule has 2 aliphatic rings.